The number of amides is 1. The number of carbonyl (C=O) groups excluding carboxylic acids is 1. The van der Waals surface area contributed by atoms with Gasteiger partial charge in [0.25, 0.3) is 11.5 Å². The average Bonchev–Trinajstić information content (AvgIpc) is 3.28. The second-order valence-corrected chi connectivity index (χ2v) is 12.1. The first-order valence-corrected chi connectivity index (χ1v) is 15.4. The molecule has 2 fully saturated rings. The molecule has 2 saturated heterocycles. The number of aromatic amines is 1. The molecule has 0 bridgehead atoms. The summed E-state index contributed by atoms with van der Waals surface area (Å²) in [6.45, 7) is 8.40. The molecule has 236 valence electrons. The second-order valence-electron chi connectivity index (χ2n) is 11.7. The number of halogens is 1. The molecular weight excluding hydrogens is 596 g/mol. The zero-order chi connectivity index (χ0) is 31.8. The van der Waals surface area contributed by atoms with Gasteiger partial charge in [-0.3, -0.25) is 24.4 Å². The Morgan fingerprint density at radius 3 is 2.40 bits per heavy atom. The van der Waals surface area contributed by atoms with Gasteiger partial charge >= 0.3 is 0 Å². The standard InChI is InChI=1S/C31H37ClN10O3/c1-18-16-41(17-19(2)45-18)26-15-34-13-23(36-26)24-14-35-28(33)29(37-24)40-11-9-21(10-12-40)42(25-8-6-5-7-22(25)32)31(44)27-20(3)39(4)38-30(27)43/h5-8,13-15,18-19,21H,9-12,16-17H2,1-4H3,(H2,33,35)(H,38,43)/t18-,19+. The average molecular weight is 633 g/mol. The van der Waals surface area contributed by atoms with Crippen LogP contribution in [0.15, 0.2) is 47.7 Å². The maximum atomic E-state index is 14.0. The van der Waals surface area contributed by atoms with Crippen molar-refractivity contribution in [1.82, 2.24) is 29.7 Å². The van der Waals surface area contributed by atoms with Gasteiger partial charge in [-0.15, -0.1) is 0 Å². The number of nitrogens with one attached hydrogen (secondary N) is 1. The van der Waals surface area contributed by atoms with E-state index in [2.05, 4.69) is 24.9 Å². The molecular formula is C31H37ClN10O3. The Labute approximate surface area is 266 Å². The van der Waals surface area contributed by atoms with E-state index in [9.17, 15) is 9.59 Å². The van der Waals surface area contributed by atoms with E-state index < -0.39 is 5.56 Å². The molecule has 0 unspecified atom stereocenters. The SMILES string of the molecule is Cc1c(C(=O)N(c2ccccc2Cl)C2CCN(c3nc(-c4cncc(N5C[C@@H](C)O[C@@H](C)C5)n4)cnc3N)CC2)c(=O)[nH]n1C. The lowest BCUT2D eigenvalue weighted by Crippen LogP contribution is -2.49. The zero-order valence-corrected chi connectivity index (χ0v) is 26.5. The maximum absolute atomic E-state index is 14.0. The van der Waals surface area contributed by atoms with Gasteiger partial charge in [-0.05, 0) is 45.7 Å². The molecule has 2 aliphatic heterocycles. The molecule has 2 atom stereocenters. The number of ether oxygens (including phenoxy) is 1. The van der Waals surface area contributed by atoms with Crippen molar-refractivity contribution in [2.45, 2.75) is 51.9 Å². The topological polar surface area (TPSA) is 151 Å². The summed E-state index contributed by atoms with van der Waals surface area (Å²) in [6, 6.07) is 6.98. The molecule has 3 N–H and O–H groups in total. The molecule has 4 aromatic rings. The van der Waals surface area contributed by atoms with Gasteiger partial charge in [0.15, 0.2) is 11.6 Å². The maximum Gasteiger partial charge on any atom is 0.277 e. The van der Waals surface area contributed by atoms with Crippen molar-refractivity contribution in [1.29, 1.82) is 0 Å². The number of nitrogens with zero attached hydrogens (tertiary/aromatic N) is 8. The fourth-order valence-corrected chi connectivity index (χ4v) is 6.42. The number of morpholine rings is 1. The van der Waals surface area contributed by atoms with E-state index in [1.807, 2.05) is 26.0 Å². The van der Waals surface area contributed by atoms with Crippen molar-refractivity contribution in [3.05, 3.63) is 69.5 Å². The Morgan fingerprint density at radius 2 is 1.73 bits per heavy atom. The molecule has 0 aliphatic carbocycles. The van der Waals surface area contributed by atoms with Crippen LogP contribution in [0.5, 0.6) is 0 Å². The highest BCUT2D eigenvalue weighted by atomic mass is 35.5. The molecule has 1 amide bonds. The van der Waals surface area contributed by atoms with E-state index >= 15 is 0 Å². The first-order chi connectivity index (χ1) is 21.6. The van der Waals surface area contributed by atoms with E-state index in [-0.39, 0.29) is 29.7 Å². The third-order valence-electron chi connectivity index (χ3n) is 8.44. The molecule has 13 nitrogen and oxygen atoms in total. The summed E-state index contributed by atoms with van der Waals surface area (Å²) in [5.41, 5.74) is 8.31. The number of rotatable bonds is 6. The molecule has 0 saturated carbocycles. The van der Waals surface area contributed by atoms with Crippen LogP contribution in [0.2, 0.25) is 5.02 Å². The van der Waals surface area contributed by atoms with E-state index in [4.69, 9.17) is 32.0 Å². The summed E-state index contributed by atoms with van der Waals surface area (Å²) >= 11 is 6.60. The summed E-state index contributed by atoms with van der Waals surface area (Å²) < 4.78 is 7.43. The number of nitrogen functional groups attached to an aromatic ring is 1. The van der Waals surface area contributed by atoms with Crippen LogP contribution in [0, 0.1) is 6.92 Å². The lowest BCUT2D eigenvalue weighted by Gasteiger charge is -2.39. The first kappa shape index (κ1) is 30.5. The minimum atomic E-state index is -0.431. The number of carbonyl (C=O) groups is 1. The van der Waals surface area contributed by atoms with Gasteiger partial charge in [0.1, 0.15) is 22.8 Å². The van der Waals surface area contributed by atoms with Crippen LogP contribution in [0.4, 0.5) is 23.1 Å². The van der Waals surface area contributed by atoms with Crippen LogP contribution in [-0.2, 0) is 11.8 Å². The molecule has 14 heteroatoms. The fourth-order valence-electron chi connectivity index (χ4n) is 6.19. The number of hydrogen-bond donors (Lipinski definition) is 2. The summed E-state index contributed by atoms with van der Waals surface area (Å²) in [7, 11) is 1.71. The van der Waals surface area contributed by atoms with Crippen LogP contribution in [-0.4, -0.2) is 80.1 Å². The van der Waals surface area contributed by atoms with Crippen LogP contribution in [0.1, 0.15) is 42.7 Å². The van der Waals surface area contributed by atoms with Gasteiger partial charge in [-0.25, -0.2) is 15.0 Å². The van der Waals surface area contributed by atoms with Crippen molar-refractivity contribution in [2.24, 2.45) is 7.05 Å². The quantitative estimate of drug-likeness (QED) is 0.323. The lowest BCUT2D eigenvalue weighted by molar-refractivity contribution is -0.00547. The smallest absolute Gasteiger partial charge is 0.277 e. The molecule has 1 aromatic carbocycles. The van der Waals surface area contributed by atoms with Crippen molar-refractivity contribution in [2.75, 3.05) is 46.6 Å². The van der Waals surface area contributed by atoms with E-state index in [1.165, 1.54) is 0 Å². The number of anilines is 4. The molecule has 3 aromatic heterocycles. The van der Waals surface area contributed by atoms with Crippen LogP contribution in [0.3, 0.4) is 0 Å². The lowest BCUT2D eigenvalue weighted by atomic mass is 10.0. The molecule has 0 radical (unpaired) electrons. The van der Waals surface area contributed by atoms with Crippen molar-refractivity contribution >= 4 is 40.6 Å². The van der Waals surface area contributed by atoms with Gasteiger partial charge in [0.2, 0.25) is 0 Å². The highest BCUT2D eigenvalue weighted by Gasteiger charge is 2.34. The Bertz CT molecular complexity index is 1760. The molecule has 2 aliphatic rings. The van der Waals surface area contributed by atoms with Gasteiger partial charge in [0, 0.05) is 45.0 Å². The summed E-state index contributed by atoms with van der Waals surface area (Å²) in [5, 5.41) is 3.12. The Balaban J connectivity index is 1.24. The predicted octanol–water partition coefficient (Wildman–Crippen LogP) is 3.43. The Hall–Kier alpha value is -4.49. The largest absolute Gasteiger partial charge is 0.381 e. The number of aryl methyl sites for hydroxylation is 1. The molecule has 45 heavy (non-hydrogen) atoms. The van der Waals surface area contributed by atoms with Crippen LogP contribution < -0.4 is 26.0 Å². The fraction of sp³-hybridized carbons (Fsp3) is 0.419. The number of nitrogens with two attached hydrogens (primary N) is 1. The Morgan fingerprint density at radius 1 is 1.04 bits per heavy atom. The van der Waals surface area contributed by atoms with Crippen molar-refractivity contribution in [3.63, 3.8) is 0 Å². The summed E-state index contributed by atoms with van der Waals surface area (Å²) in [4.78, 5) is 51.3. The molecule has 0 spiro atoms. The number of benzene rings is 1. The van der Waals surface area contributed by atoms with Crippen molar-refractivity contribution in [3.8, 4) is 11.4 Å². The summed E-state index contributed by atoms with van der Waals surface area (Å²) in [6.07, 6.45) is 6.40. The van der Waals surface area contributed by atoms with Gasteiger partial charge in [-0.1, -0.05) is 23.7 Å². The zero-order valence-electron chi connectivity index (χ0n) is 25.8. The van der Waals surface area contributed by atoms with Crippen LogP contribution >= 0.6 is 11.6 Å². The first-order valence-electron chi connectivity index (χ1n) is 15.0. The molecule has 5 heterocycles. The van der Waals surface area contributed by atoms with Gasteiger partial charge < -0.3 is 25.2 Å². The van der Waals surface area contributed by atoms with Gasteiger partial charge in [0.05, 0.1) is 41.5 Å². The third-order valence-corrected chi connectivity index (χ3v) is 8.76. The number of hydrogen-bond acceptors (Lipinski definition) is 10. The number of H-pyrrole nitrogens is 1. The van der Waals surface area contributed by atoms with Crippen molar-refractivity contribution < 1.29 is 9.53 Å². The normalized spacial score (nSPS) is 19.1. The number of piperidine rings is 1. The van der Waals surface area contributed by atoms with Gasteiger partial charge in [-0.2, -0.15) is 0 Å². The second kappa shape index (κ2) is 12.5. The third kappa shape index (κ3) is 6.09. The van der Waals surface area contributed by atoms with Crippen LogP contribution in [0.25, 0.3) is 11.4 Å². The minimum Gasteiger partial charge on any atom is -0.381 e. The number of para-hydroxylation sites is 1. The predicted molar refractivity (Wildman–Crippen MR) is 174 cm³/mol. The Kier molecular flexibility index (Phi) is 8.47. The monoisotopic (exact) mass is 632 g/mol. The summed E-state index contributed by atoms with van der Waals surface area (Å²) in [5.74, 6) is 1.23. The highest BCUT2D eigenvalue weighted by Crippen LogP contribution is 2.33. The van der Waals surface area contributed by atoms with E-state index in [0.717, 1.165) is 18.9 Å². The van der Waals surface area contributed by atoms with E-state index in [0.29, 0.717) is 65.4 Å². The molecule has 6 rings (SSSR count). The highest BCUT2D eigenvalue weighted by molar-refractivity contribution is 6.34. The van der Waals surface area contributed by atoms with E-state index in [1.54, 1.807) is 54.3 Å². The number of aromatic nitrogens is 6. The minimum absolute atomic E-state index is 0.0894.